The van der Waals surface area contributed by atoms with E-state index in [2.05, 4.69) is 120 Å². The molecule has 4 aliphatic rings. The van der Waals surface area contributed by atoms with E-state index in [0.717, 1.165) is 131 Å². The second kappa shape index (κ2) is 24.2. The predicted molar refractivity (Wildman–Crippen MR) is 296 cm³/mol. The van der Waals surface area contributed by atoms with E-state index >= 15 is 0 Å². The minimum Gasteiger partial charge on any atom is -0.406 e. The van der Waals surface area contributed by atoms with Crippen LogP contribution in [0.3, 0.4) is 0 Å². The number of benzene rings is 4. The fourth-order valence-corrected chi connectivity index (χ4v) is 14.2. The van der Waals surface area contributed by atoms with Crippen molar-refractivity contribution in [2.45, 2.75) is 184 Å². The van der Waals surface area contributed by atoms with Crippen molar-refractivity contribution < 1.29 is 22.7 Å². The average Bonchev–Trinajstić information content (AvgIpc) is 3.94. The van der Waals surface area contributed by atoms with Crippen LogP contribution in [-0.2, 0) is 24.3 Å². The van der Waals surface area contributed by atoms with E-state index < -0.39 is 6.36 Å². The van der Waals surface area contributed by atoms with Gasteiger partial charge in [0.1, 0.15) is 5.75 Å². The highest BCUT2D eigenvalue weighted by Crippen LogP contribution is 2.42. The molecule has 4 fully saturated rings. The van der Waals surface area contributed by atoms with Crippen LogP contribution < -0.4 is 26.8 Å². The Morgan fingerprint density at radius 1 is 0.649 bits per heavy atom. The maximum absolute atomic E-state index is 14.2. The van der Waals surface area contributed by atoms with Crippen molar-refractivity contribution in [3.05, 3.63) is 136 Å². The Balaban J connectivity index is 0.850. The first kappa shape index (κ1) is 52.8. The van der Waals surface area contributed by atoms with Crippen LogP contribution in [0.4, 0.5) is 13.2 Å². The first-order valence-corrected chi connectivity index (χ1v) is 29.0. The van der Waals surface area contributed by atoms with Crippen LogP contribution in [0, 0.1) is 17.8 Å². The molecule has 4 saturated carbocycles. The van der Waals surface area contributed by atoms with Gasteiger partial charge in [0.05, 0.1) is 5.52 Å². The second-order valence-corrected chi connectivity index (χ2v) is 23.8. The molecule has 74 heavy (non-hydrogen) atoms. The zero-order valence-corrected chi connectivity index (χ0v) is 44.7. The molecular formula is C62H78BrF3N6O2. The lowest BCUT2D eigenvalue weighted by Crippen LogP contribution is -2.40. The number of hydrogen-bond donors (Lipinski definition) is 4. The van der Waals surface area contributed by atoms with Crippen LogP contribution in [0.2, 0.25) is 0 Å². The molecule has 396 valence electrons. The van der Waals surface area contributed by atoms with E-state index in [1.54, 1.807) is 12.1 Å². The van der Waals surface area contributed by atoms with Crippen LogP contribution in [0.5, 0.6) is 5.75 Å². The monoisotopic (exact) mass is 1070 g/mol. The highest BCUT2D eigenvalue weighted by Gasteiger charge is 2.33. The van der Waals surface area contributed by atoms with Crippen LogP contribution in [0.25, 0.3) is 21.8 Å². The van der Waals surface area contributed by atoms with E-state index in [1.807, 2.05) is 6.07 Å². The number of amides is 1. The Hall–Kier alpha value is -4.62. The van der Waals surface area contributed by atoms with Gasteiger partial charge >= 0.3 is 6.36 Å². The lowest BCUT2D eigenvalue weighted by Gasteiger charge is -2.29. The summed E-state index contributed by atoms with van der Waals surface area (Å²) in [7, 11) is 0. The lowest BCUT2D eigenvalue weighted by molar-refractivity contribution is -0.274. The number of nitrogens with two attached hydrogens (primary N) is 2. The van der Waals surface area contributed by atoms with Crippen LogP contribution in [-0.4, -0.2) is 52.1 Å². The molecular weight excluding hydrogens is 998 g/mol. The molecule has 6 aromatic rings. The summed E-state index contributed by atoms with van der Waals surface area (Å²) in [6.45, 7) is 2.64. The molecule has 0 radical (unpaired) electrons. The molecule has 2 aromatic heterocycles. The van der Waals surface area contributed by atoms with E-state index in [1.165, 1.54) is 71.3 Å². The number of rotatable bonds is 18. The molecule has 2 heterocycles. The third kappa shape index (κ3) is 13.3. The SMILES string of the molecule is NC1CCC(NCCC(c2cccc(OC(F)(F)F)c2)c2cn(CC3CCC(Cc4cccc(C(CC(=O)NC5CCC(N)CC5)c5cn(CC6CCCCC6)c6c(Br)cccc56)c4)CC3)c3ccccc23)CC1. The fraction of sp³-hybridized carbons (Fsp3) is 0.532. The topological polar surface area (TPSA) is 112 Å². The average molecular weight is 1080 g/mol. The smallest absolute Gasteiger partial charge is 0.406 e. The quantitative estimate of drug-likeness (QED) is 0.0685. The van der Waals surface area contributed by atoms with Crippen molar-refractivity contribution in [2.75, 3.05) is 6.54 Å². The van der Waals surface area contributed by atoms with E-state index in [-0.39, 0.29) is 41.6 Å². The molecule has 8 nitrogen and oxygen atoms in total. The van der Waals surface area contributed by atoms with Crippen molar-refractivity contribution in [3.63, 3.8) is 0 Å². The summed E-state index contributed by atoms with van der Waals surface area (Å²) in [6.07, 6.45) is 20.9. The number of nitrogens with zero attached hydrogens (tertiary/aromatic N) is 2. The standard InChI is InChI=1S/C62H78BrF3N6O2/c63-58-17-8-16-54-57(40-72(61(54)58)38-42-9-2-1-3-10-42)55(36-60(73)70-50-29-25-48(68)26-30-50)45-12-6-11-44(34-45)33-41-19-21-43(22-20-41)37-71-39-56(53-15-4-5-18-59(53)71)52(31-32-69-49-27-23-47(67)24-28-49)46-13-7-14-51(35-46)74-62(64,65)66/h4-8,11-18,34-35,39-43,47-50,52,55,69H,1-3,9-10,19-33,36-38,67-68H2,(H,70,73). The molecule has 4 aliphatic carbocycles. The number of halogens is 4. The zero-order valence-electron chi connectivity index (χ0n) is 43.2. The van der Waals surface area contributed by atoms with Crippen molar-refractivity contribution in [2.24, 2.45) is 29.2 Å². The number of alkyl halides is 3. The van der Waals surface area contributed by atoms with Gasteiger partial charge in [-0.05, 0) is 195 Å². The molecule has 10 rings (SSSR count). The van der Waals surface area contributed by atoms with E-state index in [0.29, 0.717) is 30.2 Å². The zero-order chi connectivity index (χ0) is 51.2. The third-order valence-electron chi connectivity index (χ3n) is 17.6. The van der Waals surface area contributed by atoms with E-state index in [9.17, 15) is 18.0 Å². The summed E-state index contributed by atoms with van der Waals surface area (Å²) in [4.78, 5) is 14.2. The molecule has 12 heteroatoms. The van der Waals surface area contributed by atoms with Gasteiger partial charge in [0.2, 0.25) is 5.91 Å². The number of ether oxygens (including phenoxy) is 1. The lowest BCUT2D eigenvalue weighted by atomic mass is 9.78. The van der Waals surface area contributed by atoms with E-state index in [4.69, 9.17) is 11.5 Å². The second-order valence-electron chi connectivity index (χ2n) is 22.9. The molecule has 2 atom stereocenters. The molecule has 4 aromatic carbocycles. The molecule has 1 amide bonds. The molecule has 0 saturated heterocycles. The van der Waals surface area contributed by atoms with Gasteiger partial charge in [-0.3, -0.25) is 4.79 Å². The van der Waals surface area contributed by atoms with Gasteiger partial charge in [-0.1, -0.05) is 86.0 Å². The number of nitrogens with one attached hydrogen (secondary N) is 2. The number of para-hydroxylation sites is 2. The summed E-state index contributed by atoms with van der Waals surface area (Å²) < 4.78 is 50.8. The van der Waals surface area contributed by atoms with Crippen molar-refractivity contribution in [1.82, 2.24) is 19.8 Å². The van der Waals surface area contributed by atoms with Crippen LogP contribution in [0.15, 0.2) is 108 Å². The maximum atomic E-state index is 14.2. The summed E-state index contributed by atoms with van der Waals surface area (Å²) in [6, 6.07) is 31.9. The molecule has 0 bridgehead atoms. The number of carbonyl (C=O) groups excluding carboxylic acids is 1. The van der Waals surface area contributed by atoms with Crippen LogP contribution in [0.1, 0.15) is 162 Å². The summed E-state index contributed by atoms with van der Waals surface area (Å²) in [5.41, 5.74) is 20.6. The molecule has 0 aliphatic heterocycles. The number of fused-ring (bicyclic) bond motifs is 2. The van der Waals surface area contributed by atoms with Gasteiger partial charge in [0, 0.05) is 88.7 Å². The third-order valence-corrected chi connectivity index (χ3v) is 18.2. The van der Waals surface area contributed by atoms with Crippen molar-refractivity contribution >= 4 is 43.6 Å². The summed E-state index contributed by atoms with van der Waals surface area (Å²) in [5, 5.41) is 9.58. The van der Waals surface area contributed by atoms with Gasteiger partial charge in [-0.25, -0.2) is 0 Å². The molecule has 0 spiro atoms. The minimum absolute atomic E-state index is 0.0911. The maximum Gasteiger partial charge on any atom is 0.573 e. The summed E-state index contributed by atoms with van der Waals surface area (Å²) in [5.74, 6) is 1.44. The van der Waals surface area contributed by atoms with Gasteiger partial charge in [-0.2, -0.15) is 0 Å². The Morgan fingerprint density at radius 3 is 2.00 bits per heavy atom. The first-order valence-electron chi connectivity index (χ1n) is 28.2. The highest BCUT2D eigenvalue weighted by molar-refractivity contribution is 9.10. The Bertz CT molecular complexity index is 2790. The van der Waals surface area contributed by atoms with Gasteiger partial charge in [-0.15, -0.1) is 13.2 Å². The van der Waals surface area contributed by atoms with Crippen LogP contribution >= 0.6 is 15.9 Å². The van der Waals surface area contributed by atoms with Gasteiger partial charge in [0.15, 0.2) is 0 Å². The minimum atomic E-state index is -4.77. The Morgan fingerprint density at radius 2 is 1.26 bits per heavy atom. The summed E-state index contributed by atoms with van der Waals surface area (Å²) >= 11 is 3.95. The van der Waals surface area contributed by atoms with Gasteiger partial charge < -0.3 is 36.0 Å². The normalized spacial score (nSPS) is 24.0. The van der Waals surface area contributed by atoms with Gasteiger partial charge in [0.25, 0.3) is 0 Å². The predicted octanol–water partition coefficient (Wildman–Crippen LogP) is 14.2. The highest BCUT2D eigenvalue weighted by atomic mass is 79.9. The largest absolute Gasteiger partial charge is 0.573 e. The first-order chi connectivity index (χ1) is 35.9. The Kier molecular flexibility index (Phi) is 17.2. The number of aromatic nitrogens is 2. The van der Waals surface area contributed by atoms with Crippen molar-refractivity contribution in [1.29, 1.82) is 0 Å². The number of hydrogen-bond acceptors (Lipinski definition) is 5. The molecule has 6 N–H and O–H groups in total. The molecule has 2 unspecified atom stereocenters. The fourth-order valence-electron chi connectivity index (χ4n) is 13.6. The Labute approximate surface area is 445 Å². The van der Waals surface area contributed by atoms with Crippen molar-refractivity contribution in [3.8, 4) is 5.75 Å². The number of carbonyl (C=O) groups is 1.